The van der Waals surface area contributed by atoms with Gasteiger partial charge in [0.1, 0.15) is 5.82 Å². The zero-order valence-corrected chi connectivity index (χ0v) is 19.3. The van der Waals surface area contributed by atoms with Crippen LogP contribution in [0.1, 0.15) is 50.5 Å². The van der Waals surface area contributed by atoms with E-state index in [0.29, 0.717) is 5.92 Å². The molecule has 0 atom stereocenters. The number of rotatable bonds is 7. The summed E-state index contributed by atoms with van der Waals surface area (Å²) in [5.41, 5.74) is 6.24. The molecular weight excluding hydrogens is 383 g/mol. The summed E-state index contributed by atoms with van der Waals surface area (Å²) < 4.78 is 13.5. The second kappa shape index (κ2) is 10.2. The number of hydrogen-bond donors (Lipinski definition) is 0. The van der Waals surface area contributed by atoms with Gasteiger partial charge in [0, 0.05) is 8.80 Å². The van der Waals surface area contributed by atoms with Crippen molar-refractivity contribution in [3.05, 3.63) is 84.2 Å². The van der Waals surface area contributed by atoms with Crippen molar-refractivity contribution in [3.63, 3.8) is 0 Å². The molecule has 0 amide bonds. The van der Waals surface area contributed by atoms with Crippen LogP contribution in [0.15, 0.2) is 72.8 Å². The lowest BCUT2D eigenvalue weighted by Gasteiger charge is -2.28. The van der Waals surface area contributed by atoms with Crippen LogP contribution in [0.2, 0.25) is 18.1 Å². The molecule has 4 rings (SSSR count). The minimum absolute atomic E-state index is 0.178. The Morgan fingerprint density at radius 3 is 2.20 bits per heavy atom. The van der Waals surface area contributed by atoms with Crippen molar-refractivity contribution in [3.8, 4) is 22.3 Å². The van der Waals surface area contributed by atoms with Crippen molar-refractivity contribution < 1.29 is 4.39 Å². The number of halogens is 1. The van der Waals surface area contributed by atoms with Gasteiger partial charge in [0.05, 0.1) is 0 Å². The topological polar surface area (TPSA) is 0 Å². The molecule has 0 spiro atoms. The van der Waals surface area contributed by atoms with E-state index in [4.69, 9.17) is 0 Å². The third-order valence-corrected chi connectivity index (χ3v) is 10.3. The van der Waals surface area contributed by atoms with Gasteiger partial charge < -0.3 is 0 Å². The zero-order valence-electron chi connectivity index (χ0n) is 18.1. The van der Waals surface area contributed by atoms with E-state index < -0.39 is 8.80 Å². The third kappa shape index (κ3) is 5.10. The second-order valence-corrected chi connectivity index (χ2v) is 12.4. The van der Waals surface area contributed by atoms with Gasteiger partial charge in [-0.3, -0.25) is 0 Å². The number of hydrogen-bond acceptors (Lipinski definition) is 0. The Bertz CT molecular complexity index is 925. The van der Waals surface area contributed by atoms with Gasteiger partial charge in [0.2, 0.25) is 0 Å². The monoisotopic (exact) mass is 416 g/mol. The first-order valence-corrected chi connectivity index (χ1v) is 14.1. The SMILES string of the molecule is CCCCC[Si@H]1CC[C@H](c2ccc(-c3ccccc3)c(-c3ccc(F)cc3)c2)CC1. The molecule has 2 heteroatoms. The summed E-state index contributed by atoms with van der Waals surface area (Å²) in [5.74, 6) is 0.506. The lowest BCUT2D eigenvalue weighted by Crippen LogP contribution is -2.20. The minimum Gasteiger partial charge on any atom is -0.207 e. The fourth-order valence-corrected chi connectivity index (χ4v) is 8.50. The van der Waals surface area contributed by atoms with Gasteiger partial charge in [-0.15, -0.1) is 0 Å². The van der Waals surface area contributed by atoms with Crippen LogP contribution >= 0.6 is 0 Å². The fraction of sp³-hybridized carbons (Fsp3) is 0.357. The highest BCUT2D eigenvalue weighted by molar-refractivity contribution is 6.59. The molecule has 1 heterocycles. The van der Waals surface area contributed by atoms with E-state index in [0.717, 1.165) is 5.56 Å². The third-order valence-electron chi connectivity index (χ3n) is 6.82. The minimum atomic E-state index is -0.498. The molecule has 3 aromatic rings. The molecule has 0 nitrogen and oxygen atoms in total. The summed E-state index contributed by atoms with van der Waals surface area (Å²) in [7, 11) is -0.498. The predicted molar refractivity (Wildman–Crippen MR) is 130 cm³/mol. The van der Waals surface area contributed by atoms with E-state index in [1.807, 2.05) is 12.1 Å². The zero-order chi connectivity index (χ0) is 20.8. The molecule has 1 saturated heterocycles. The Morgan fingerprint density at radius 1 is 0.800 bits per heavy atom. The van der Waals surface area contributed by atoms with Crippen molar-refractivity contribution in [2.24, 2.45) is 0 Å². The van der Waals surface area contributed by atoms with Crippen LogP contribution in [0, 0.1) is 5.82 Å². The number of benzene rings is 3. The molecule has 0 aromatic heterocycles. The van der Waals surface area contributed by atoms with Gasteiger partial charge in [-0.25, -0.2) is 4.39 Å². The Morgan fingerprint density at radius 2 is 1.50 bits per heavy atom. The summed E-state index contributed by atoms with van der Waals surface area (Å²) in [6.07, 6.45) is 6.92. The van der Waals surface area contributed by atoms with Crippen molar-refractivity contribution in [2.75, 3.05) is 0 Å². The van der Waals surface area contributed by atoms with Gasteiger partial charge in [0.25, 0.3) is 0 Å². The summed E-state index contributed by atoms with van der Waals surface area (Å²) >= 11 is 0. The molecular formula is C28H33FSi. The molecule has 0 saturated carbocycles. The molecule has 3 aromatic carbocycles. The predicted octanol–water partition coefficient (Wildman–Crippen LogP) is 8.45. The molecule has 1 aliphatic rings. The lowest BCUT2D eigenvalue weighted by atomic mass is 9.87. The average molecular weight is 417 g/mol. The second-order valence-electron chi connectivity index (χ2n) is 8.89. The highest BCUT2D eigenvalue weighted by Crippen LogP contribution is 2.39. The van der Waals surface area contributed by atoms with Gasteiger partial charge in [-0.05, 0) is 58.7 Å². The molecule has 0 aliphatic carbocycles. The molecule has 1 fully saturated rings. The summed E-state index contributed by atoms with van der Waals surface area (Å²) in [4.78, 5) is 0. The van der Waals surface area contributed by atoms with Crippen molar-refractivity contribution in [1.29, 1.82) is 0 Å². The van der Waals surface area contributed by atoms with Crippen LogP contribution < -0.4 is 0 Å². The molecule has 30 heavy (non-hydrogen) atoms. The van der Waals surface area contributed by atoms with E-state index in [1.165, 1.54) is 66.4 Å². The molecule has 156 valence electrons. The normalized spacial score (nSPS) is 19.0. The molecule has 0 unspecified atom stereocenters. The highest BCUT2D eigenvalue weighted by atomic mass is 28.3. The van der Waals surface area contributed by atoms with Gasteiger partial charge >= 0.3 is 0 Å². The van der Waals surface area contributed by atoms with Crippen molar-refractivity contribution >= 4 is 8.80 Å². The van der Waals surface area contributed by atoms with Crippen LogP contribution in [-0.2, 0) is 0 Å². The molecule has 0 radical (unpaired) electrons. The Kier molecular flexibility index (Phi) is 7.17. The maximum absolute atomic E-state index is 13.5. The largest absolute Gasteiger partial charge is 0.207 e. The van der Waals surface area contributed by atoms with E-state index in [9.17, 15) is 4.39 Å². The Balaban J connectivity index is 1.58. The van der Waals surface area contributed by atoms with E-state index in [-0.39, 0.29) is 5.82 Å². The first-order valence-electron chi connectivity index (χ1n) is 11.7. The molecule has 0 N–H and O–H groups in total. The quantitative estimate of drug-likeness (QED) is 0.268. The molecule has 1 aliphatic heterocycles. The fourth-order valence-electron chi connectivity index (χ4n) is 5.02. The smallest absolute Gasteiger partial charge is 0.123 e. The van der Waals surface area contributed by atoms with Crippen LogP contribution in [-0.4, -0.2) is 8.80 Å². The van der Waals surface area contributed by atoms with Crippen molar-refractivity contribution in [2.45, 2.75) is 63.1 Å². The van der Waals surface area contributed by atoms with E-state index >= 15 is 0 Å². The van der Waals surface area contributed by atoms with Crippen molar-refractivity contribution in [1.82, 2.24) is 0 Å². The van der Waals surface area contributed by atoms with Crippen LogP contribution in [0.3, 0.4) is 0 Å². The average Bonchev–Trinajstić information content (AvgIpc) is 2.80. The van der Waals surface area contributed by atoms with Crippen LogP contribution in [0.25, 0.3) is 22.3 Å². The first kappa shape index (κ1) is 21.1. The lowest BCUT2D eigenvalue weighted by molar-refractivity contribution is 0.603. The standard InChI is InChI=1S/C28H33FSi/c1-2-3-7-18-30-19-16-22(17-20-30)25-12-15-27(23-8-5-4-6-9-23)28(21-25)24-10-13-26(29)14-11-24/h4-6,8-15,21-22,30H,2-3,7,16-20H2,1H3/t22-,30-. The van der Waals surface area contributed by atoms with E-state index in [1.54, 1.807) is 18.2 Å². The van der Waals surface area contributed by atoms with Gasteiger partial charge in [-0.1, -0.05) is 105 Å². The van der Waals surface area contributed by atoms with Gasteiger partial charge in [0.15, 0.2) is 0 Å². The summed E-state index contributed by atoms with van der Waals surface area (Å²) in [6, 6.07) is 29.1. The summed E-state index contributed by atoms with van der Waals surface area (Å²) in [6.45, 7) is 2.30. The highest BCUT2D eigenvalue weighted by Gasteiger charge is 2.23. The van der Waals surface area contributed by atoms with Gasteiger partial charge in [-0.2, -0.15) is 0 Å². The van der Waals surface area contributed by atoms with Crippen LogP contribution in [0.5, 0.6) is 0 Å². The summed E-state index contributed by atoms with van der Waals surface area (Å²) in [5, 5.41) is 0. The van der Waals surface area contributed by atoms with E-state index in [2.05, 4.69) is 55.5 Å². The Hall–Kier alpha value is -2.19. The molecule has 0 bridgehead atoms. The van der Waals surface area contributed by atoms with Crippen LogP contribution in [0.4, 0.5) is 4.39 Å². The maximum atomic E-state index is 13.5. The maximum Gasteiger partial charge on any atom is 0.123 e. The number of unbranched alkanes of at least 4 members (excludes halogenated alkanes) is 2. The first-order chi connectivity index (χ1) is 14.7. The Labute approximate surface area is 182 Å².